The summed E-state index contributed by atoms with van der Waals surface area (Å²) in [6, 6.07) is 0. The van der Waals surface area contributed by atoms with Crippen molar-refractivity contribution in [1.82, 2.24) is 0 Å². The predicted molar refractivity (Wildman–Crippen MR) is 157 cm³/mol. The summed E-state index contributed by atoms with van der Waals surface area (Å²) in [4.78, 5) is 23.1. The van der Waals surface area contributed by atoms with Crippen LogP contribution in [-0.2, 0) is 9.59 Å². The Hall–Kier alpha value is -0.710. The molecule has 0 unspecified atom stereocenters. The van der Waals surface area contributed by atoms with E-state index in [0.29, 0.717) is 24.3 Å². The van der Waals surface area contributed by atoms with E-state index < -0.39 is 17.4 Å². The van der Waals surface area contributed by atoms with E-state index in [4.69, 9.17) is 0 Å². The van der Waals surface area contributed by atoms with Gasteiger partial charge >= 0.3 is 0 Å². The molecule has 0 aromatic heterocycles. The van der Waals surface area contributed by atoms with Crippen molar-refractivity contribution in [3.05, 3.63) is 0 Å². The number of carbonyl (C=O) groups is 2. The molecule has 0 saturated heterocycles. The van der Waals surface area contributed by atoms with Gasteiger partial charge in [0.1, 0.15) is 0 Å². The molecule has 0 aromatic carbocycles. The van der Waals surface area contributed by atoms with Crippen LogP contribution in [0, 0.1) is 5.41 Å². The lowest BCUT2D eigenvalue weighted by Gasteiger charge is -2.35. The molecular formula is C32H60O4S-2. The molecule has 0 aliphatic heterocycles. The van der Waals surface area contributed by atoms with E-state index in [1.807, 2.05) is 0 Å². The molecule has 0 rings (SSSR count). The maximum absolute atomic E-state index is 12.3. The first kappa shape index (κ1) is 36.3. The van der Waals surface area contributed by atoms with E-state index in [2.05, 4.69) is 13.8 Å². The summed E-state index contributed by atoms with van der Waals surface area (Å²) in [6.45, 7) is 4.50. The molecule has 0 radical (unpaired) electrons. The highest BCUT2D eigenvalue weighted by atomic mass is 32.2. The molecule has 0 amide bonds. The van der Waals surface area contributed by atoms with Crippen LogP contribution in [0.1, 0.15) is 174 Å². The number of hydrogen-bond donors (Lipinski definition) is 0. The Labute approximate surface area is 234 Å². The number of carbonyl (C=O) groups excluding carboxylic acids is 2. The molecule has 0 aliphatic rings. The average molecular weight is 541 g/mol. The second kappa shape index (κ2) is 26.9. The first-order valence-corrected chi connectivity index (χ1v) is 17.1. The minimum absolute atomic E-state index is 0.0231. The van der Waals surface area contributed by atoms with Gasteiger partial charge in [-0.25, -0.2) is 0 Å². The third-order valence-corrected chi connectivity index (χ3v) is 9.03. The minimum Gasteiger partial charge on any atom is -0.550 e. The normalized spacial score (nSPS) is 11.7. The summed E-state index contributed by atoms with van der Waals surface area (Å²) in [5.41, 5.74) is -0.824. The highest BCUT2D eigenvalue weighted by Crippen LogP contribution is 2.35. The third kappa shape index (κ3) is 22.9. The van der Waals surface area contributed by atoms with Crippen molar-refractivity contribution < 1.29 is 19.8 Å². The molecule has 0 heterocycles. The Morgan fingerprint density at radius 3 is 1.16 bits per heavy atom. The molecule has 5 heteroatoms. The first-order valence-electron chi connectivity index (χ1n) is 16.0. The van der Waals surface area contributed by atoms with Crippen LogP contribution in [0.3, 0.4) is 0 Å². The van der Waals surface area contributed by atoms with E-state index in [9.17, 15) is 19.8 Å². The van der Waals surface area contributed by atoms with Gasteiger partial charge in [-0.05, 0) is 25.0 Å². The van der Waals surface area contributed by atoms with Gasteiger partial charge in [-0.3, -0.25) is 0 Å². The van der Waals surface area contributed by atoms with Crippen LogP contribution in [-0.4, -0.2) is 23.4 Å². The summed E-state index contributed by atoms with van der Waals surface area (Å²) in [6.07, 6.45) is 28.7. The maximum Gasteiger partial charge on any atom is 0.0484 e. The molecule has 220 valence electrons. The molecule has 0 aliphatic carbocycles. The second-order valence-electron chi connectivity index (χ2n) is 11.3. The van der Waals surface area contributed by atoms with E-state index in [1.165, 1.54) is 127 Å². The lowest BCUT2D eigenvalue weighted by molar-refractivity contribution is -0.319. The molecular weight excluding hydrogens is 480 g/mol. The first-order chi connectivity index (χ1) is 18.0. The Kier molecular flexibility index (Phi) is 26.4. The van der Waals surface area contributed by atoms with Crippen molar-refractivity contribution in [1.29, 1.82) is 0 Å². The van der Waals surface area contributed by atoms with Gasteiger partial charge in [0.05, 0.1) is 0 Å². The second-order valence-corrected chi connectivity index (χ2v) is 12.4. The van der Waals surface area contributed by atoms with E-state index in [1.54, 1.807) is 0 Å². The van der Waals surface area contributed by atoms with E-state index in [0.717, 1.165) is 25.7 Å². The molecule has 0 N–H and O–H groups in total. The standard InChI is InChI=1S/C32H62O4S/c1-3-5-7-9-11-13-15-17-19-21-23-26-32(31(35)36,29-37-28-25-30(33)34)27-24-22-20-18-16-14-12-10-8-6-4-2/h3-29H2,1-2H3,(H,33,34)(H,35,36)/p-2. The SMILES string of the molecule is CCCCCCCCCCCCCC(CCCCCCCCCCCCC)(CSCCC(=O)[O-])C(=O)[O-]. The highest BCUT2D eigenvalue weighted by Gasteiger charge is 2.30. The molecule has 0 fully saturated rings. The quantitative estimate of drug-likeness (QED) is 0.0862. The van der Waals surface area contributed by atoms with Crippen LogP contribution >= 0.6 is 11.8 Å². The van der Waals surface area contributed by atoms with Gasteiger partial charge < -0.3 is 19.8 Å². The Morgan fingerprint density at radius 1 is 0.541 bits per heavy atom. The van der Waals surface area contributed by atoms with Crippen molar-refractivity contribution in [3.8, 4) is 0 Å². The maximum atomic E-state index is 12.3. The van der Waals surface area contributed by atoms with Crippen LogP contribution in [0.2, 0.25) is 0 Å². The number of hydrogen-bond acceptors (Lipinski definition) is 5. The summed E-state index contributed by atoms with van der Waals surface area (Å²) < 4.78 is 0. The monoisotopic (exact) mass is 540 g/mol. The van der Waals surface area contributed by atoms with E-state index >= 15 is 0 Å². The number of unbranched alkanes of at least 4 members (excludes halogenated alkanes) is 20. The molecule has 0 atom stereocenters. The zero-order chi connectivity index (χ0) is 27.5. The average Bonchev–Trinajstić information content (AvgIpc) is 2.87. The number of carboxylic acid groups (broad SMARTS) is 2. The topological polar surface area (TPSA) is 80.3 Å². The molecule has 37 heavy (non-hydrogen) atoms. The van der Waals surface area contributed by atoms with Gasteiger partial charge in [0.15, 0.2) is 0 Å². The van der Waals surface area contributed by atoms with Gasteiger partial charge in [0.2, 0.25) is 0 Å². The molecule has 4 nitrogen and oxygen atoms in total. The summed E-state index contributed by atoms with van der Waals surface area (Å²) in [7, 11) is 0. The number of aliphatic carboxylic acids is 2. The van der Waals surface area contributed by atoms with Crippen LogP contribution in [0.25, 0.3) is 0 Å². The van der Waals surface area contributed by atoms with Gasteiger partial charge in [-0.2, -0.15) is 11.8 Å². The fourth-order valence-electron chi connectivity index (χ4n) is 5.21. The third-order valence-electron chi connectivity index (χ3n) is 7.78. The molecule has 0 aromatic rings. The summed E-state index contributed by atoms with van der Waals surface area (Å²) in [5, 5.41) is 23.1. The Bertz CT molecular complexity index is 497. The lowest BCUT2D eigenvalue weighted by atomic mass is 9.79. The molecule has 0 spiro atoms. The van der Waals surface area contributed by atoms with Crippen molar-refractivity contribution in [2.24, 2.45) is 5.41 Å². The summed E-state index contributed by atoms with van der Waals surface area (Å²) in [5.74, 6) is -1.14. The minimum atomic E-state index is -1.07. The molecule has 0 bridgehead atoms. The Balaban J connectivity index is 4.30. The van der Waals surface area contributed by atoms with Crippen LogP contribution in [0.15, 0.2) is 0 Å². The van der Waals surface area contributed by atoms with Crippen molar-refractivity contribution in [3.63, 3.8) is 0 Å². The van der Waals surface area contributed by atoms with Crippen molar-refractivity contribution in [2.45, 2.75) is 174 Å². The van der Waals surface area contributed by atoms with Crippen molar-refractivity contribution >= 4 is 23.7 Å². The number of rotatable bonds is 30. The van der Waals surface area contributed by atoms with E-state index in [-0.39, 0.29) is 6.42 Å². The largest absolute Gasteiger partial charge is 0.550 e. The Morgan fingerprint density at radius 2 is 0.865 bits per heavy atom. The highest BCUT2D eigenvalue weighted by molar-refractivity contribution is 7.99. The zero-order valence-electron chi connectivity index (χ0n) is 24.6. The van der Waals surface area contributed by atoms with Crippen LogP contribution in [0.4, 0.5) is 0 Å². The smallest absolute Gasteiger partial charge is 0.0484 e. The lowest BCUT2D eigenvalue weighted by Crippen LogP contribution is -2.44. The number of thioether (sulfide) groups is 1. The van der Waals surface area contributed by atoms with Crippen LogP contribution < -0.4 is 10.2 Å². The van der Waals surface area contributed by atoms with Crippen molar-refractivity contribution in [2.75, 3.05) is 11.5 Å². The van der Waals surface area contributed by atoms with Crippen LogP contribution in [0.5, 0.6) is 0 Å². The predicted octanol–water partition coefficient (Wildman–Crippen LogP) is 8.00. The fourth-order valence-corrected chi connectivity index (χ4v) is 6.46. The van der Waals surface area contributed by atoms with Gasteiger partial charge in [-0.1, -0.05) is 155 Å². The fraction of sp³-hybridized carbons (Fsp3) is 0.938. The number of carboxylic acids is 2. The zero-order valence-corrected chi connectivity index (χ0v) is 25.4. The molecule has 0 saturated carbocycles. The van der Waals surface area contributed by atoms with Gasteiger partial charge in [-0.15, -0.1) is 0 Å². The van der Waals surface area contributed by atoms with Gasteiger partial charge in [0, 0.05) is 23.1 Å². The summed E-state index contributed by atoms with van der Waals surface area (Å²) >= 11 is 1.44. The van der Waals surface area contributed by atoms with Gasteiger partial charge in [0.25, 0.3) is 0 Å².